The number of aryl methyl sites for hydroxylation is 1. The standard InChI is InChI=1S/C17H29N5O2.2ClH/c1-12(2)16(18)17(24)19-9-15(23)21-6-4-14(5-7-21)11-22-10-13(3)8-20-22;;/h8,10,12,14,16H,4-7,9,11,18H2,1-3H3,(H,19,24);2*1H/t16-;;/m0../s1. The SMILES string of the molecule is Cc1cnn(CC2CCN(C(=O)CNC(=O)[C@@H](N)C(C)C)CC2)c1.Cl.Cl. The van der Waals surface area contributed by atoms with Crippen molar-refractivity contribution in [3.8, 4) is 0 Å². The normalized spacial score (nSPS) is 15.8. The molecule has 9 heteroatoms. The van der Waals surface area contributed by atoms with Gasteiger partial charge in [-0.1, -0.05) is 13.8 Å². The average Bonchev–Trinajstić information content (AvgIpc) is 2.97. The maximum Gasteiger partial charge on any atom is 0.241 e. The highest BCUT2D eigenvalue weighted by atomic mass is 35.5. The zero-order valence-corrected chi connectivity index (χ0v) is 17.3. The minimum absolute atomic E-state index is 0. The largest absolute Gasteiger partial charge is 0.346 e. The molecule has 7 nitrogen and oxygen atoms in total. The first-order valence-electron chi connectivity index (χ1n) is 8.67. The van der Waals surface area contributed by atoms with E-state index in [-0.39, 0.29) is 49.1 Å². The second-order valence-corrected chi connectivity index (χ2v) is 7.05. The smallest absolute Gasteiger partial charge is 0.241 e. The van der Waals surface area contributed by atoms with Crippen LogP contribution in [0.2, 0.25) is 0 Å². The number of piperidine rings is 1. The number of carbonyl (C=O) groups is 2. The van der Waals surface area contributed by atoms with Gasteiger partial charge in [-0.15, -0.1) is 24.8 Å². The Morgan fingerprint density at radius 2 is 1.92 bits per heavy atom. The molecule has 1 aromatic heterocycles. The molecule has 150 valence electrons. The summed E-state index contributed by atoms with van der Waals surface area (Å²) in [6.45, 7) is 8.20. The number of nitrogens with one attached hydrogen (secondary N) is 1. The zero-order valence-electron chi connectivity index (χ0n) is 15.7. The van der Waals surface area contributed by atoms with E-state index in [4.69, 9.17) is 5.73 Å². The molecule has 2 rings (SSSR count). The lowest BCUT2D eigenvalue weighted by Crippen LogP contribution is -2.49. The summed E-state index contributed by atoms with van der Waals surface area (Å²) >= 11 is 0. The topological polar surface area (TPSA) is 93.2 Å². The van der Waals surface area contributed by atoms with E-state index in [2.05, 4.69) is 10.4 Å². The van der Waals surface area contributed by atoms with Crippen LogP contribution in [0, 0.1) is 18.8 Å². The van der Waals surface area contributed by atoms with Crippen molar-refractivity contribution in [2.24, 2.45) is 17.6 Å². The van der Waals surface area contributed by atoms with Crippen molar-refractivity contribution in [3.63, 3.8) is 0 Å². The highest BCUT2D eigenvalue weighted by Gasteiger charge is 2.24. The van der Waals surface area contributed by atoms with Crippen molar-refractivity contribution < 1.29 is 9.59 Å². The molecular weight excluding hydrogens is 377 g/mol. The number of rotatable bonds is 6. The third-order valence-electron chi connectivity index (χ3n) is 4.61. The molecule has 1 saturated heterocycles. The fraction of sp³-hybridized carbons (Fsp3) is 0.706. The van der Waals surface area contributed by atoms with Gasteiger partial charge in [-0.3, -0.25) is 14.3 Å². The van der Waals surface area contributed by atoms with Crippen molar-refractivity contribution in [1.29, 1.82) is 0 Å². The average molecular weight is 408 g/mol. The van der Waals surface area contributed by atoms with Crippen LogP contribution in [-0.4, -0.2) is 52.2 Å². The Balaban J connectivity index is 0.00000312. The lowest BCUT2D eigenvalue weighted by atomic mass is 9.97. The van der Waals surface area contributed by atoms with Gasteiger partial charge < -0.3 is 16.0 Å². The summed E-state index contributed by atoms with van der Waals surface area (Å²) in [5.74, 6) is 0.300. The van der Waals surface area contributed by atoms with Gasteiger partial charge in [0, 0.05) is 25.8 Å². The summed E-state index contributed by atoms with van der Waals surface area (Å²) in [4.78, 5) is 25.9. The van der Waals surface area contributed by atoms with Gasteiger partial charge in [0.25, 0.3) is 0 Å². The van der Waals surface area contributed by atoms with Crippen molar-refractivity contribution in [2.75, 3.05) is 19.6 Å². The number of likely N-dealkylation sites (tertiary alicyclic amines) is 1. The molecule has 1 atom stereocenters. The molecule has 0 saturated carbocycles. The number of amides is 2. The summed E-state index contributed by atoms with van der Waals surface area (Å²) in [5, 5.41) is 6.97. The lowest BCUT2D eigenvalue weighted by molar-refractivity contribution is -0.134. The number of halogens is 2. The number of aromatic nitrogens is 2. The molecule has 1 aromatic rings. The van der Waals surface area contributed by atoms with E-state index in [1.807, 2.05) is 42.7 Å². The van der Waals surface area contributed by atoms with Gasteiger partial charge in [0.05, 0.1) is 18.8 Å². The molecule has 1 aliphatic heterocycles. The van der Waals surface area contributed by atoms with Gasteiger partial charge in [-0.2, -0.15) is 5.10 Å². The minimum atomic E-state index is -0.568. The van der Waals surface area contributed by atoms with E-state index in [9.17, 15) is 9.59 Å². The molecule has 0 aromatic carbocycles. The Morgan fingerprint density at radius 3 is 2.42 bits per heavy atom. The maximum atomic E-state index is 12.2. The van der Waals surface area contributed by atoms with Gasteiger partial charge in [0.15, 0.2) is 0 Å². The van der Waals surface area contributed by atoms with Gasteiger partial charge in [-0.25, -0.2) is 0 Å². The number of carbonyl (C=O) groups excluding carboxylic acids is 2. The minimum Gasteiger partial charge on any atom is -0.346 e. The summed E-state index contributed by atoms with van der Waals surface area (Å²) in [7, 11) is 0. The van der Waals surface area contributed by atoms with E-state index < -0.39 is 6.04 Å². The second-order valence-electron chi connectivity index (χ2n) is 7.05. The molecule has 0 unspecified atom stereocenters. The van der Waals surface area contributed by atoms with E-state index in [0.717, 1.165) is 38.0 Å². The van der Waals surface area contributed by atoms with Crippen molar-refractivity contribution in [1.82, 2.24) is 20.0 Å². The Kier molecular flexibility index (Phi) is 10.8. The number of nitrogens with zero attached hydrogens (tertiary/aromatic N) is 3. The van der Waals surface area contributed by atoms with Gasteiger partial charge >= 0.3 is 0 Å². The Morgan fingerprint density at radius 1 is 1.31 bits per heavy atom. The van der Waals surface area contributed by atoms with E-state index in [1.54, 1.807) is 0 Å². The third kappa shape index (κ3) is 7.13. The first kappa shape index (κ1) is 24.7. The predicted molar refractivity (Wildman–Crippen MR) is 107 cm³/mol. The van der Waals surface area contributed by atoms with Gasteiger partial charge in [-0.05, 0) is 37.2 Å². The fourth-order valence-electron chi connectivity index (χ4n) is 2.89. The highest BCUT2D eigenvalue weighted by molar-refractivity contribution is 5.87. The summed E-state index contributed by atoms with van der Waals surface area (Å²) in [5.41, 5.74) is 6.94. The Hall–Kier alpha value is -1.31. The van der Waals surface area contributed by atoms with Gasteiger partial charge in [0.2, 0.25) is 11.8 Å². The van der Waals surface area contributed by atoms with E-state index in [1.165, 1.54) is 0 Å². The molecule has 2 amide bonds. The predicted octanol–water partition coefficient (Wildman–Crippen LogP) is 1.37. The molecule has 0 aliphatic carbocycles. The van der Waals surface area contributed by atoms with Crippen LogP contribution in [0.15, 0.2) is 12.4 Å². The van der Waals surface area contributed by atoms with Crippen molar-refractivity contribution in [2.45, 2.75) is 46.2 Å². The molecule has 0 spiro atoms. The molecule has 26 heavy (non-hydrogen) atoms. The van der Waals surface area contributed by atoms with Crippen LogP contribution in [0.5, 0.6) is 0 Å². The van der Waals surface area contributed by atoms with E-state index in [0.29, 0.717) is 5.92 Å². The number of hydrogen-bond donors (Lipinski definition) is 2. The molecule has 1 aliphatic rings. The highest BCUT2D eigenvalue weighted by Crippen LogP contribution is 2.19. The molecule has 0 radical (unpaired) electrons. The monoisotopic (exact) mass is 407 g/mol. The van der Waals surface area contributed by atoms with Crippen LogP contribution >= 0.6 is 24.8 Å². The van der Waals surface area contributed by atoms with Crippen LogP contribution < -0.4 is 11.1 Å². The maximum absolute atomic E-state index is 12.2. The molecule has 3 N–H and O–H groups in total. The molecule has 0 bridgehead atoms. The van der Waals surface area contributed by atoms with Crippen molar-refractivity contribution >= 4 is 36.6 Å². The van der Waals surface area contributed by atoms with Crippen LogP contribution in [-0.2, 0) is 16.1 Å². The van der Waals surface area contributed by atoms with Crippen LogP contribution in [0.1, 0.15) is 32.3 Å². The number of hydrogen-bond acceptors (Lipinski definition) is 4. The summed E-state index contributed by atoms with van der Waals surface area (Å²) in [6, 6.07) is -0.568. The quantitative estimate of drug-likeness (QED) is 0.744. The summed E-state index contributed by atoms with van der Waals surface area (Å²) < 4.78 is 1.98. The van der Waals surface area contributed by atoms with Crippen LogP contribution in [0.25, 0.3) is 0 Å². The molecular formula is C17H31Cl2N5O2. The molecule has 2 heterocycles. The van der Waals surface area contributed by atoms with Crippen molar-refractivity contribution in [3.05, 3.63) is 18.0 Å². The first-order valence-corrected chi connectivity index (χ1v) is 8.67. The van der Waals surface area contributed by atoms with Crippen LogP contribution in [0.3, 0.4) is 0 Å². The lowest BCUT2D eigenvalue weighted by Gasteiger charge is -2.32. The third-order valence-corrected chi connectivity index (χ3v) is 4.61. The second kappa shape index (κ2) is 11.4. The number of nitrogens with two attached hydrogens (primary N) is 1. The Bertz CT molecular complexity index is 571. The fourth-order valence-corrected chi connectivity index (χ4v) is 2.89. The Labute approximate surface area is 167 Å². The zero-order chi connectivity index (χ0) is 17.7. The summed E-state index contributed by atoms with van der Waals surface area (Å²) in [6.07, 6.45) is 5.84. The van der Waals surface area contributed by atoms with Crippen LogP contribution in [0.4, 0.5) is 0 Å². The molecule has 1 fully saturated rings. The first-order chi connectivity index (χ1) is 11.4. The van der Waals surface area contributed by atoms with Gasteiger partial charge in [0.1, 0.15) is 0 Å². The van der Waals surface area contributed by atoms with E-state index >= 15 is 0 Å².